The van der Waals surface area contributed by atoms with E-state index in [-0.39, 0.29) is 17.9 Å². The maximum atomic E-state index is 14.1. The SMILES string of the molecule is CCOC(=O)C(S)c1ccc(F)cc1-n1[nH]c2scc(-c3ccccc3OC)c2c1=O. The Bertz CT molecular complexity index is 1320. The van der Waals surface area contributed by atoms with Crippen molar-refractivity contribution in [2.45, 2.75) is 12.2 Å². The fourth-order valence-corrected chi connectivity index (χ4v) is 4.67. The van der Waals surface area contributed by atoms with Crippen LogP contribution in [0, 0.1) is 5.82 Å². The highest BCUT2D eigenvalue weighted by Gasteiger charge is 2.25. The molecule has 2 aromatic heterocycles. The molecule has 4 rings (SSSR count). The predicted molar refractivity (Wildman–Crippen MR) is 122 cm³/mol. The van der Waals surface area contributed by atoms with Gasteiger partial charge in [0.1, 0.15) is 21.6 Å². The van der Waals surface area contributed by atoms with Crippen LogP contribution in [-0.2, 0) is 9.53 Å². The lowest BCUT2D eigenvalue weighted by atomic mass is 10.1. The van der Waals surface area contributed by atoms with Crippen molar-refractivity contribution in [1.29, 1.82) is 0 Å². The molecule has 160 valence electrons. The molecule has 0 saturated carbocycles. The second-order valence-electron chi connectivity index (χ2n) is 6.66. The van der Waals surface area contributed by atoms with Crippen LogP contribution < -0.4 is 10.3 Å². The van der Waals surface area contributed by atoms with Crippen LogP contribution in [0.2, 0.25) is 0 Å². The van der Waals surface area contributed by atoms with E-state index >= 15 is 0 Å². The Labute approximate surface area is 186 Å². The Morgan fingerprint density at radius 3 is 2.77 bits per heavy atom. The highest BCUT2D eigenvalue weighted by Crippen LogP contribution is 2.37. The summed E-state index contributed by atoms with van der Waals surface area (Å²) in [6.07, 6.45) is 0. The van der Waals surface area contributed by atoms with Gasteiger partial charge in [-0.3, -0.25) is 14.7 Å². The molecule has 2 aromatic carbocycles. The van der Waals surface area contributed by atoms with Crippen molar-refractivity contribution in [1.82, 2.24) is 9.78 Å². The van der Waals surface area contributed by atoms with Crippen molar-refractivity contribution in [3.63, 3.8) is 0 Å². The van der Waals surface area contributed by atoms with Crippen molar-refractivity contribution < 1.29 is 18.7 Å². The van der Waals surface area contributed by atoms with Crippen LogP contribution in [0.15, 0.2) is 52.6 Å². The number of thiol groups is 1. The van der Waals surface area contributed by atoms with E-state index in [4.69, 9.17) is 9.47 Å². The number of aromatic nitrogens is 2. The highest BCUT2D eigenvalue weighted by atomic mass is 32.1. The Morgan fingerprint density at radius 1 is 1.26 bits per heavy atom. The molecule has 31 heavy (non-hydrogen) atoms. The van der Waals surface area contributed by atoms with Crippen LogP contribution in [0.4, 0.5) is 4.39 Å². The molecule has 1 N–H and O–H groups in total. The smallest absolute Gasteiger partial charge is 0.323 e. The number of para-hydroxylation sites is 1. The van der Waals surface area contributed by atoms with E-state index in [2.05, 4.69) is 17.7 Å². The zero-order chi connectivity index (χ0) is 22.1. The number of nitrogens with zero attached hydrogens (tertiary/aromatic N) is 1. The number of H-pyrrole nitrogens is 1. The van der Waals surface area contributed by atoms with Gasteiger partial charge in [-0.05, 0) is 25.1 Å². The zero-order valence-corrected chi connectivity index (χ0v) is 18.4. The third-order valence-electron chi connectivity index (χ3n) is 4.86. The summed E-state index contributed by atoms with van der Waals surface area (Å²) in [4.78, 5) is 26.2. The van der Waals surface area contributed by atoms with Gasteiger partial charge in [-0.15, -0.1) is 11.3 Å². The van der Waals surface area contributed by atoms with E-state index in [1.807, 2.05) is 29.6 Å². The molecule has 1 atom stereocenters. The maximum absolute atomic E-state index is 14.1. The maximum Gasteiger partial charge on any atom is 0.323 e. The van der Waals surface area contributed by atoms with E-state index < -0.39 is 17.0 Å². The van der Waals surface area contributed by atoms with E-state index in [0.29, 0.717) is 27.1 Å². The molecule has 0 aliphatic heterocycles. The Kier molecular flexibility index (Phi) is 5.88. The fourth-order valence-electron chi connectivity index (χ4n) is 3.44. The number of carbonyl (C=O) groups excluding carboxylic acids is 1. The van der Waals surface area contributed by atoms with Gasteiger partial charge in [-0.2, -0.15) is 12.6 Å². The van der Waals surface area contributed by atoms with Crippen molar-refractivity contribution in [3.8, 4) is 22.6 Å². The average Bonchev–Trinajstić information content (AvgIpc) is 3.33. The predicted octanol–water partition coefficient (Wildman–Crippen LogP) is 4.73. The van der Waals surface area contributed by atoms with Gasteiger partial charge in [0.25, 0.3) is 5.56 Å². The number of thiophene rings is 1. The van der Waals surface area contributed by atoms with Crippen molar-refractivity contribution in [2.24, 2.45) is 0 Å². The summed E-state index contributed by atoms with van der Waals surface area (Å²) in [5.41, 5.74) is 1.68. The first-order chi connectivity index (χ1) is 15.0. The molecule has 6 nitrogen and oxygen atoms in total. The Morgan fingerprint density at radius 2 is 2.03 bits per heavy atom. The van der Waals surface area contributed by atoms with Gasteiger partial charge in [0.05, 0.1) is 24.8 Å². The first-order valence-electron chi connectivity index (χ1n) is 9.46. The third-order valence-corrected chi connectivity index (χ3v) is 6.23. The number of rotatable bonds is 6. The second kappa shape index (κ2) is 8.60. The van der Waals surface area contributed by atoms with Gasteiger partial charge in [0, 0.05) is 22.1 Å². The summed E-state index contributed by atoms with van der Waals surface area (Å²) in [6, 6.07) is 11.3. The molecule has 0 aliphatic rings. The number of methoxy groups -OCH3 is 1. The molecule has 0 amide bonds. The number of carbonyl (C=O) groups is 1. The molecule has 0 saturated heterocycles. The Balaban J connectivity index is 1.90. The van der Waals surface area contributed by atoms with E-state index in [1.165, 1.54) is 34.2 Å². The molecule has 0 bridgehead atoms. The lowest BCUT2D eigenvalue weighted by Gasteiger charge is -2.15. The monoisotopic (exact) mass is 458 g/mol. The molecular weight excluding hydrogens is 439 g/mol. The summed E-state index contributed by atoms with van der Waals surface area (Å²) in [5.74, 6) is -0.480. The lowest BCUT2D eigenvalue weighted by Crippen LogP contribution is -2.19. The molecular formula is C22H19FN2O4S2. The normalized spacial score (nSPS) is 12.1. The van der Waals surface area contributed by atoms with Crippen LogP contribution >= 0.6 is 24.0 Å². The van der Waals surface area contributed by atoms with Gasteiger partial charge >= 0.3 is 5.97 Å². The highest BCUT2D eigenvalue weighted by molar-refractivity contribution is 7.81. The number of fused-ring (bicyclic) bond motifs is 1. The largest absolute Gasteiger partial charge is 0.496 e. The molecule has 1 unspecified atom stereocenters. The molecule has 0 fully saturated rings. The average molecular weight is 459 g/mol. The fraction of sp³-hybridized carbons (Fsp3) is 0.182. The molecule has 9 heteroatoms. The van der Waals surface area contributed by atoms with Crippen LogP contribution in [0.5, 0.6) is 5.75 Å². The third kappa shape index (κ3) is 3.75. The van der Waals surface area contributed by atoms with Crippen molar-refractivity contribution >= 4 is 40.2 Å². The molecule has 0 aliphatic carbocycles. The van der Waals surface area contributed by atoms with Gasteiger partial charge in [0.15, 0.2) is 0 Å². The molecule has 0 radical (unpaired) electrons. The number of nitrogens with one attached hydrogen (secondary N) is 1. The number of ether oxygens (including phenoxy) is 2. The summed E-state index contributed by atoms with van der Waals surface area (Å²) in [7, 11) is 1.57. The first kappa shape index (κ1) is 21.2. The molecule has 0 spiro atoms. The minimum Gasteiger partial charge on any atom is -0.496 e. The van der Waals surface area contributed by atoms with Crippen LogP contribution in [0.3, 0.4) is 0 Å². The number of hydrogen-bond donors (Lipinski definition) is 2. The number of halogens is 1. The topological polar surface area (TPSA) is 73.3 Å². The summed E-state index contributed by atoms with van der Waals surface area (Å²) < 4.78 is 25.8. The second-order valence-corrected chi connectivity index (χ2v) is 8.06. The van der Waals surface area contributed by atoms with Crippen molar-refractivity contribution in [3.05, 3.63) is 69.6 Å². The lowest BCUT2D eigenvalue weighted by molar-refractivity contribution is -0.142. The van der Waals surface area contributed by atoms with Gasteiger partial charge in [0.2, 0.25) is 0 Å². The quantitative estimate of drug-likeness (QED) is 0.324. The van der Waals surface area contributed by atoms with E-state index in [0.717, 1.165) is 5.56 Å². The molecule has 2 heterocycles. The minimum atomic E-state index is -0.975. The van der Waals surface area contributed by atoms with Crippen LogP contribution in [0.1, 0.15) is 17.7 Å². The van der Waals surface area contributed by atoms with Crippen LogP contribution in [0.25, 0.3) is 27.0 Å². The number of aromatic amines is 1. The zero-order valence-electron chi connectivity index (χ0n) is 16.7. The number of benzene rings is 2. The van der Waals surface area contributed by atoms with Gasteiger partial charge in [-0.1, -0.05) is 24.3 Å². The van der Waals surface area contributed by atoms with Gasteiger partial charge in [-0.25, -0.2) is 9.07 Å². The molecule has 4 aromatic rings. The Hall–Kier alpha value is -3.04. The number of hydrogen-bond acceptors (Lipinski definition) is 6. The standard InChI is InChI=1S/C22H19FN2O4S2/c1-3-29-22(27)19(30)14-9-8-12(23)10-16(14)25-21(26)18-15(11-31-20(18)24-25)13-6-4-5-7-17(13)28-2/h4-11,19,24,30H,3H2,1-2H3. The van der Waals surface area contributed by atoms with E-state index in [9.17, 15) is 14.0 Å². The summed E-state index contributed by atoms with van der Waals surface area (Å²) in [6.45, 7) is 1.87. The summed E-state index contributed by atoms with van der Waals surface area (Å²) in [5, 5.41) is 4.38. The first-order valence-corrected chi connectivity index (χ1v) is 10.9. The minimum absolute atomic E-state index is 0.187. The van der Waals surface area contributed by atoms with Crippen LogP contribution in [-0.4, -0.2) is 29.5 Å². The van der Waals surface area contributed by atoms with Crippen molar-refractivity contribution in [2.75, 3.05) is 13.7 Å². The summed E-state index contributed by atoms with van der Waals surface area (Å²) >= 11 is 5.70. The van der Waals surface area contributed by atoms with E-state index in [1.54, 1.807) is 14.0 Å². The van der Waals surface area contributed by atoms with Gasteiger partial charge < -0.3 is 9.47 Å². The number of esters is 1.